The van der Waals surface area contributed by atoms with E-state index < -0.39 is 0 Å². The number of hydrogen-bond donors (Lipinski definition) is 3. The van der Waals surface area contributed by atoms with Gasteiger partial charge in [-0.2, -0.15) is 9.61 Å². The molecule has 3 aromatic rings. The number of fused-ring (bicyclic) bond motifs is 1. The van der Waals surface area contributed by atoms with Crippen LogP contribution in [0.1, 0.15) is 29.2 Å². The topological polar surface area (TPSA) is 109 Å². The van der Waals surface area contributed by atoms with Gasteiger partial charge in [-0.3, -0.25) is 9.59 Å². The molecule has 3 aromatic heterocycles. The first-order valence-corrected chi connectivity index (χ1v) is 9.97. The lowest BCUT2D eigenvalue weighted by Gasteiger charge is -2.30. The monoisotopic (exact) mass is 410 g/mol. The quantitative estimate of drug-likeness (QED) is 0.582. The van der Waals surface area contributed by atoms with Crippen molar-refractivity contribution in [3.63, 3.8) is 0 Å². The average Bonchev–Trinajstić information content (AvgIpc) is 3.19. The van der Waals surface area contributed by atoms with Crippen molar-refractivity contribution in [2.75, 3.05) is 44.9 Å². The lowest BCUT2D eigenvalue weighted by Crippen LogP contribution is -2.35. The fourth-order valence-corrected chi connectivity index (χ4v) is 3.80. The third-order valence-electron chi connectivity index (χ3n) is 5.52. The van der Waals surface area contributed by atoms with Gasteiger partial charge in [-0.05, 0) is 45.1 Å². The van der Waals surface area contributed by atoms with E-state index in [4.69, 9.17) is 0 Å². The van der Waals surface area contributed by atoms with Crippen LogP contribution in [0.4, 0.5) is 17.3 Å². The molecule has 1 fully saturated rings. The van der Waals surface area contributed by atoms with Crippen LogP contribution in [0.15, 0.2) is 35.4 Å². The molecule has 30 heavy (non-hydrogen) atoms. The minimum absolute atomic E-state index is 0.0835. The van der Waals surface area contributed by atoms with Gasteiger partial charge in [-0.1, -0.05) is 0 Å². The number of hydrogen-bond acceptors (Lipinski definition) is 7. The minimum atomic E-state index is -0.277. The van der Waals surface area contributed by atoms with Crippen LogP contribution in [0.25, 0.3) is 5.65 Å². The molecule has 1 aliphatic rings. The Morgan fingerprint density at radius 1 is 1.23 bits per heavy atom. The molecule has 10 heteroatoms. The van der Waals surface area contributed by atoms with E-state index in [1.54, 1.807) is 30.7 Å². The normalized spacial score (nSPS) is 15.3. The van der Waals surface area contributed by atoms with Gasteiger partial charge in [-0.25, -0.2) is 4.98 Å². The summed E-state index contributed by atoms with van der Waals surface area (Å²) < 4.78 is 3.36. The summed E-state index contributed by atoms with van der Waals surface area (Å²) in [6.45, 7) is 1.95. The molecule has 1 amide bonds. The highest BCUT2D eigenvalue weighted by atomic mass is 16.1. The Bertz CT molecular complexity index is 1130. The number of piperidine rings is 1. The molecule has 0 radical (unpaired) electrons. The van der Waals surface area contributed by atoms with Gasteiger partial charge in [-0.15, -0.1) is 0 Å². The van der Waals surface area contributed by atoms with E-state index >= 15 is 0 Å². The largest absolute Gasteiger partial charge is 0.373 e. The van der Waals surface area contributed by atoms with Crippen LogP contribution < -0.4 is 21.5 Å². The Morgan fingerprint density at radius 2 is 2.00 bits per heavy atom. The molecule has 0 unspecified atom stereocenters. The molecule has 4 rings (SSSR count). The summed E-state index contributed by atoms with van der Waals surface area (Å²) in [7, 11) is 5.42. The summed E-state index contributed by atoms with van der Waals surface area (Å²) in [5, 5.41) is 13.0. The number of nitrogens with one attached hydrogen (secondary N) is 3. The molecule has 0 bridgehead atoms. The summed E-state index contributed by atoms with van der Waals surface area (Å²) in [5.74, 6) is 0.820. The molecule has 1 saturated heterocycles. The molecule has 0 saturated carbocycles. The van der Waals surface area contributed by atoms with Gasteiger partial charge in [0.05, 0.1) is 6.20 Å². The summed E-state index contributed by atoms with van der Waals surface area (Å²) in [5.41, 5.74) is 1.11. The van der Waals surface area contributed by atoms with E-state index in [9.17, 15) is 9.59 Å². The molecule has 10 nitrogen and oxygen atoms in total. The SMILES string of the molecule is CNC(=O)c1cnn2c(NC)cc(Nc3cccn(C4CCN(C)CC4)c3=O)nc12. The summed E-state index contributed by atoms with van der Waals surface area (Å²) in [4.78, 5) is 32.1. The first-order valence-electron chi connectivity index (χ1n) is 9.97. The highest BCUT2D eigenvalue weighted by molar-refractivity contribution is 5.99. The van der Waals surface area contributed by atoms with Crippen molar-refractivity contribution < 1.29 is 4.79 Å². The van der Waals surface area contributed by atoms with Gasteiger partial charge in [0.2, 0.25) is 0 Å². The van der Waals surface area contributed by atoms with E-state index in [1.807, 2.05) is 16.8 Å². The molecule has 158 valence electrons. The molecule has 4 heterocycles. The highest BCUT2D eigenvalue weighted by Gasteiger charge is 2.20. The summed E-state index contributed by atoms with van der Waals surface area (Å²) in [6.07, 6.45) is 5.21. The molecular formula is C20H26N8O2. The zero-order chi connectivity index (χ0) is 21.3. The fraction of sp³-hybridized carbons (Fsp3) is 0.400. The van der Waals surface area contributed by atoms with Crippen molar-refractivity contribution in [2.24, 2.45) is 0 Å². The average molecular weight is 410 g/mol. The Morgan fingerprint density at radius 3 is 2.70 bits per heavy atom. The molecule has 0 aliphatic carbocycles. The Balaban J connectivity index is 1.70. The molecular weight excluding hydrogens is 384 g/mol. The van der Waals surface area contributed by atoms with E-state index in [0.29, 0.717) is 28.5 Å². The van der Waals surface area contributed by atoms with E-state index in [1.165, 1.54) is 6.20 Å². The summed E-state index contributed by atoms with van der Waals surface area (Å²) >= 11 is 0. The predicted molar refractivity (Wildman–Crippen MR) is 116 cm³/mol. The number of aromatic nitrogens is 4. The maximum atomic E-state index is 13.1. The Hall–Kier alpha value is -3.40. The van der Waals surface area contributed by atoms with E-state index in [2.05, 4.69) is 38.0 Å². The van der Waals surface area contributed by atoms with Crippen LogP contribution in [-0.4, -0.2) is 64.2 Å². The summed E-state index contributed by atoms with van der Waals surface area (Å²) in [6, 6.07) is 5.55. The van der Waals surface area contributed by atoms with Crippen molar-refractivity contribution in [3.8, 4) is 0 Å². The smallest absolute Gasteiger partial charge is 0.274 e. The number of rotatable bonds is 5. The van der Waals surface area contributed by atoms with Crippen LogP contribution in [-0.2, 0) is 0 Å². The molecule has 0 aromatic carbocycles. The number of nitrogens with zero attached hydrogens (tertiary/aromatic N) is 5. The lowest BCUT2D eigenvalue weighted by atomic mass is 10.1. The van der Waals surface area contributed by atoms with E-state index in [0.717, 1.165) is 25.9 Å². The Labute approximate surface area is 173 Å². The second-order valence-electron chi connectivity index (χ2n) is 7.44. The minimum Gasteiger partial charge on any atom is -0.373 e. The number of carbonyl (C=O) groups is 1. The van der Waals surface area contributed by atoms with Crippen LogP contribution in [0.3, 0.4) is 0 Å². The number of pyridine rings is 1. The zero-order valence-corrected chi connectivity index (χ0v) is 17.3. The van der Waals surface area contributed by atoms with Crippen molar-refractivity contribution in [1.29, 1.82) is 0 Å². The van der Waals surface area contributed by atoms with Gasteiger partial charge in [0.1, 0.15) is 22.9 Å². The molecule has 3 N–H and O–H groups in total. The first kappa shape index (κ1) is 19.9. The molecule has 1 aliphatic heterocycles. The van der Waals surface area contributed by atoms with Gasteiger partial charge in [0.25, 0.3) is 11.5 Å². The van der Waals surface area contributed by atoms with E-state index in [-0.39, 0.29) is 17.5 Å². The van der Waals surface area contributed by atoms with Crippen LogP contribution in [0.5, 0.6) is 0 Å². The van der Waals surface area contributed by atoms with Gasteiger partial charge in [0, 0.05) is 32.4 Å². The predicted octanol–water partition coefficient (Wildman–Crippen LogP) is 1.30. The maximum absolute atomic E-state index is 13.1. The Kier molecular flexibility index (Phi) is 5.40. The third-order valence-corrected chi connectivity index (χ3v) is 5.52. The van der Waals surface area contributed by atoms with Crippen molar-refractivity contribution in [2.45, 2.75) is 18.9 Å². The van der Waals surface area contributed by atoms with Gasteiger partial charge >= 0.3 is 0 Å². The lowest BCUT2D eigenvalue weighted by molar-refractivity contribution is 0.0964. The van der Waals surface area contributed by atoms with Crippen LogP contribution >= 0.6 is 0 Å². The molecule has 0 atom stereocenters. The second-order valence-corrected chi connectivity index (χ2v) is 7.44. The zero-order valence-electron chi connectivity index (χ0n) is 17.3. The van der Waals surface area contributed by atoms with Gasteiger partial charge in [0.15, 0.2) is 5.65 Å². The second kappa shape index (κ2) is 8.15. The number of likely N-dealkylation sites (tertiary alicyclic amines) is 1. The number of anilines is 3. The van der Waals surface area contributed by atoms with Crippen molar-refractivity contribution in [1.82, 2.24) is 29.4 Å². The first-order chi connectivity index (χ1) is 14.5. The van der Waals surface area contributed by atoms with Crippen LogP contribution in [0.2, 0.25) is 0 Å². The number of amides is 1. The van der Waals surface area contributed by atoms with Crippen LogP contribution in [0, 0.1) is 0 Å². The maximum Gasteiger partial charge on any atom is 0.274 e. The van der Waals surface area contributed by atoms with Crippen molar-refractivity contribution >= 4 is 28.9 Å². The molecule has 0 spiro atoms. The van der Waals surface area contributed by atoms with Gasteiger partial charge < -0.3 is 25.4 Å². The standard InChI is InChI=1S/C20H26N8O2/c1-21-17-11-16(25-18-14(19(29)22-2)12-23-28(17)18)24-15-5-4-8-27(20(15)30)13-6-9-26(3)10-7-13/h4-5,8,11-13,21H,6-7,9-10H2,1-3H3,(H,22,29)(H,24,25). The highest BCUT2D eigenvalue weighted by Crippen LogP contribution is 2.23. The third kappa shape index (κ3) is 3.61. The van der Waals surface area contributed by atoms with Crippen molar-refractivity contribution in [3.05, 3.63) is 46.5 Å². The fourth-order valence-electron chi connectivity index (χ4n) is 3.80. The number of carbonyl (C=O) groups excluding carboxylic acids is 1.